The monoisotopic (exact) mass is 594 g/mol. The fourth-order valence-corrected chi connectivity index (χ4v) is 3.93. The molecule has 1 aromatic heterocycles. The van der Waals surface area contributed by atoms with E-state index in [2.05, 4.69) is 26.0 Å². The van der Waals surface area contributed by atoms with Crippen molar-refractivity contribution in [2.45, 2.75) is 32.4 Å². The van der Waals surface area contributed by atoms with Crippen LogP contribution >= 0.6 is 11.6 Å². The van der Waals surface area contributed by atoms with Gasteiger partial charge in [0.05, 0.1) is 16.3 Å². The van der Waals surface area contributed by atoms with Gasteiger partial charge in [-0.1, -0.05) is 41.9 Å². The van der Waals surface area contributed by atoms with Crippen molar-refractivity contribution in [2.75, 3.05) is 5.32 Å². The van der Waals surface area contributed by atoms with E-state index in [9.17, 15) is 23.2 Å². The van der Waals surface area contributed by atoms with E-state index < -0.39 is 41.1 Å². The molecule has 13 heteroatoms. The second-order valence-corrected chi connectivity index (χ2v) is 10.3. The van der Waals surface area contributed by atoms with Gasteiger partial charge in [0, 0.05) is 17.3 Å². The number of nitrogens with zero attached hydrogens (tertiary/aromatic N) is 4. The number of hydrogen-bond donors (Lipinski definition) is 2. The molecule has 0 aliphatic carbocycles. The second-order valence-electron chi connectivity index (χ2n) is 9.89. The summed E-state index contributed by atoms with van der Waals surface area (Å²) < 4.78 is 34.8. The number of rotatable bonds is 8. The van der Waals surface area contributed by atoms with Gasteiger partial charge in [0.2, 0.25) is 5.91 Å². The molecule has 2 amide bonds. The highest BCUT2D eigenvalue weighted by atomic mass is 35.5. The minimum Gasteiger partial charge on any atom is -0.456 e. The lowest BCUT2D eigenvalue weighted by molar-refractivity contribution is -0.123. The molecule has 3 aromatic carbocycles. The summed E-state index contributed by atoms with van der Waals surface area (Å²) in [5.74, 6) is -4.01. The Labute approximate surface area is 244 Å². The van der Waals surface area contributed by atoms with Gasteiger partial charge in [-0.3, -0.25) is 9.59 Å². The van der Waals surface area contributed by atoms with E-state index in [0.29, 0.717) is 5.56 Å². The Morgan fingerprint density at radius 2 is 1.79 bits per heavy atom. The first-order valence-electron chi connectivity index (χ1n) is 12.5. The maximum atomic E-state index is 14.9. The van der Waals surface area contributed by atoms with Gasteiger partial charge >= 0.3 is 5.97 Å². The van der Waals surface area contributed by atoms with Crippen LogP contribution in [-0.4, -0.2) is 43.6 Å². The number of tetrazole rings is 1. The Bertz CT molecular complexity index is 1640. The third-order valence-corrected chi connectivity index (χ3v) is 5.90. The first-order chi connectivity index (χ1) is 19.9. The van der Waals surface area contributed by atoms with Gasteiger partial charge in [-0.2, -0.15) is 0 Å². The first-order valence-corrected chi connectivity index (χ1v) is 12.9. The number of esters is 1. The second kappa shape index (κ2) is 12.7. The van der Waals surface area contributed by atoms with E-state index in [0.717, 1.165) is 23.3 Å². The van der Waals surface area contributed by atoms with Gasteiger partial charge in [0.25, 0.3) is 5.91 Å². The number of carbonyl (C=O) groups is 3. The van der Waals surface area contributed by atoms with Crippen molar-refractivity contribution in [3.63, 3.8) is 0 Å². The highest BCUT2D eigenvalue weighted by molar-refractivity contribution is 6.31. The summed E-state index contributed by atoms with van der Waals surface area (Å²) in [6, 6.07) is 13.4. The van der Waals surface area contributed by atoms with Gasteiger partial charge < -0.3 is 15.4 Å². The van der Waals surface area contributed by atoms with Crippen molar-refractivity contribution in [1.29, 1.82) is 0 Å². The molecule has 10 nitrogen and oxygen atoms in total. The molecule has 0 aliphatic heterocycles. The number of hydrogen-bond acceptors (Lipinski definition) is 7. The Kier molecular flexibility index (Phi) is 9.06. The molecule has 0 saturated heterocycles. The highest BCUT2D eigenvalue weighted by Gasteiger charge is 2.24. The van der Waals surface area contributed by atoms with E-state index in [1.165, 1.54) is 30.3 Å². The van der Waals surface area contributed by atoms with E-state index in [1.54, 1.807) is 51.1 Å². The van der Waals surface area contributed by atoms with Crippen LogP contribution in [0.5, 0.6) is 0 Å². The fraction of sp³-hybridized carbons (Fsp3) is 0.172. The van der Waals surface area contributed by atoms with Gasteiger partial charge in [0.1, 0.15) is 17.5 Å². The van der Waals surface area contributed by atoms with Crippen molar-refractivity contribution in [2.24, 2.45) is 0 Å². The maximum absolute atomic E-state index is 14.9. The summed E-state index contributed by atoms with van der Waals surface area (Å²) in [7, 11) is 0. The summed E-state index contributed by atoms with van der Waals surface area (Å²) in [4.78, 5) is 39.6. The number of nitrogens with one attached hydrogen (secondary N) is 2. The zero-order valence-electron chi connectivity index (χ0n) is 22.6. The topological polar surface area (TPSA) is 128 Å². The van der Waals surface area contributed by atoms with E-state index in [1.807, 2.05) is 0 Å². The lowest BCUT2D eigenvalue weighted by Gasteiger charge is -2.20. The predicted octanol–water partition coefficient (Wildman–Crippen LogP) is 5.06. The molecule has 42 heavy (non-hydrogen) atoms. The van der Waals surface area contributed by atoms with Crippen molar-refractivity contribution in [3.05, 3.63) is 106 Å². The molecular formula is C29H25ClF2N6O4. The maximum Gasteiger partial charge on any atom is 0.341 e. The number of ether oxygens (including phenoxy) is 1. The minimum atomic E-state index is -1.22. The number of benzene rings is 3. The van der Waals surface area contributed by atoms with Crippen LogP contribution in [0.4, 0.5) is 14.5 Å². The standard InChI is InChI=1S/C29H25ClF2N6O4/c1-29(2,3)42-28(41)19-10-9-18(15-22(19)31)35-27(40)26(17-7-5-4-6-8-17)36-24(39)14-11-20-23(38-34-16-33-37-38)13-12-21(30)25(20)32/h4-16,26H,1-3H3,(H,35,40)(H,36,39)/b14-11+/t26-/m0/s1. The number of anilines is 1. The fourth-order valence-electron chi connectivity index (χ4n) is 3.77. The molecule has 1 heterocycles. The number of halogens is 3. The van der Waals surface area contributed by atoms with Gasteiger partial charge in [-0.05, 0) is 68.0 Å². The molecule has 0 radical (unpaired) electrons. The van der Waals surface area contributed by atoms with Gasteiger partial charge in [0.15, 0.2) is 12.1 Å². The van der Waals surface area contributed by atoms with Crippen LogP contribution in [-0.2, 0) is 14.3 Å². The van der Waals surface area contributed by atoms with Crippen LogP contribution in [0.1, 0.15) is 48.3 Å². The van der Waals surface area contributed by atoms with Crippen molar-refractivity contribution < 1.29 is 27.9 Å². The average Bonchev–Trinajstić information content (AvgIpc) is 3.47. The number of amides is 2. The van der Waals surface area contributed by atoms with E-state index >= 15 is 0 Å². The summed E-state index contributed by atoms with van der Waals surface area (Å²) in [5, 5.41) is 16.1. The average molecular weight is 595 g/mol. The highest BCUT2D eigenvalue weighted by Crippen LogP contribution is 2.25. The van der Waals surface area contributed by atoms with Crippen LogP contribution in [0.3, 0.4) is 0 Å². The van der Waals surface area contributed by atoms with Crippen molar-refractivity contribution in [3.8, 4) is 5.69 Å². The number of aromatic nitrogens is 4. The van der Waals surface area contributed by atoms with Gasteiger partial charge in [-0.25, -0.2) is 13.6 Å². The summed E-state index contributed by atoms with van der Waals surface area (Å²) in [6.07, 6.45) is 3.35. The van der Waals surface area contributed by atoms with Crippen molar-refractivity contribution in [1.82, 2.24) is 25.5 Å². The Hall–Kier alpha value is -4.97. The normalized spacial score (nSPS) is 12.1. The molecule has 0 unspecified atom stereocenters. The molecule has 0 aliphatic rings. The summed E-state index contributed by atoms with van der Waals surface area (Å²) in [5.41, 5.74) is -0.566. The molecule has 4 rings (SSSR count). The SMILES string of the molecule is CC(C)(C)OC(=O)c1ccc(NC(=O)[C@@H](NC(=O)/C=C/c2c(-n3ncnn3)ccc(Cl)c2F)c2ccccc2)cc1F. The zero-order chi connectivity index (χ0) is 30.4. The molecule has 0 fully saturated rings. The zero-order valence-corrected chi connectivity index (χ0v) is 23.4. The smallest absolute Gasteiger partial charge is 0.341 e. The molecular weight excluding hydrogens is 570 g/mol. The Morgan fingerprint density at radius 1 is 1.05 bits per heavy atom. The summed E-state index contributed by atoms with van der Waals surface area (Å²) >= 11 is 5.93. The van der Waals surface area contributed by atoms with Crippen LogP contribution in [0, 0.1) is 11.6 Å². The molecule has 0 saturated carbocycles. The Morgan fingerprint density at radius 3 is 2.43 bits per heavy atom. The number of carbonyl (C=O) groups excluding carboxylic acids is 3. The Balaban J connectivity index is 1.55. The van der Waals surface area contributed by atoms with Crippen LogP contribution in [0.2, 0.25) is 5.02 Å². The third kappa shape index (κ3) is 7.40. The quantitative estimate of drug-likeness (QED) is 0.216. The molecule has 1 atom stereocenters. The molecule has 0 spiro atoms. The lowest BCUT2D eigenvalue weighted by atomic mass is 10.1. The largest absolute Gasteiger partial charge is 0.456 e. The predicted molar refractivity (Wildman–Crippen MR) is 151 cm³/mol. The van der Waals surface area contributed by atoms with E-state index in [-0.39, 0.29) is 27.5 Å². The molecule has 0 bridgehead atoms. The van der Waals surface area contributed by atoms with E-state index in [4.69, 9.17) is 16.3 Å². The first kappa shape index (κ1) is 30.0. The minimum absolute atomic E-state index is 0.0431. The van der Waals surface area contributed by atoms with Crippen molar-refractivity contribution >= 4 is 41.1 Å². The van der Waals surface area contributed by atoms with Crippen LogP contribution < -0.4 is 10.6 Å². The van der Waals surface area contributed by atoms with Crippen LogP contribution in [0.25, 0.3) is 11.8 Å². The molecule has 216 valence electrons. The molecule has 4 aromatic rings. The van der Waals surface area contributed by atoms with Crippen LogP contribution in [0.15, 0.2) is 73.1 Å². The lowest BCUT2D eigenvalue weighted by Crippen LogP contribution is -2.36. The van der Waals surface area contributed by atoms with Gasteiger partial charge in [-0.15, -0.1) is 15.0 Å². The molecule has 2 N–H and O–H groups in total. The third-order valence-electron chi connectivity index (χ3n) is 5.61. The summed E-state index contributed by atoms with van der Waals surface area (Å²) in [6.45, 7) is 4.97.